The number of hydrogen-bond acceptors (Lipinski definition) is 6. The van der Waals surface area contributed by atoms with Gasteiger partial charge in [0.1, 0.15) is 5.54 Å². The molecule has 0 saturated heterocycles. The van der Waals surface area contributed by atoms with E-state index in [1.807, 2.05) is 0 Å². The summed E-state index contributed by atoms with van der Waals surface area (Å²) in [6.45, 7) is 1.76. The summed E-state index contributed by atoms with van der Waals surface area (Å²) in [4.78, 5) is 33.2. The molecule has 6 nitrogen and oxygen atoms in total. The Bertz CT molecular complexity index is 507. The SMILES string of the molecule is CC(=O)O[Si](OC(C)=O)(OC(C)=O)C(C)C(F)(F)C(F)(F)C(F)(F)F. The van der Waals surface area contributed by atoms with Gasteiger partial charge in [0.25, 0.3) is 17.9 Å². The number of alkyl halides is 7. The van der Waals surface area contributed by atoms with Crippen LogP contribution in [0, 0.1) is 0 Å². The topological polar surface area (TPSA) is 78.9 Å². The zero-order valence-electron chi connectivity index (χ0n) is 13.2. The summed E-state index contributed by atoms with van der Waals surface area (Å²) in [5.41, 5.74) is -3.30. The van der Waals surface area contributed by atoms with Crippen LogP contribution in [0.3, 0.4) is 0 Å². The van der Waals surface area contributed by atoms with Gasteiger partial charge in [0, 0.05) is 20.8 Å². The summed E-state index contributed by atoms with van der Waals surface area (Å²) in [5, 5.41) is 0. The normalized spacial score (nSPS) is 14.5. The minimum atomic E-state index is -6.69. The molecular formula is C11H13F7O6Si. The fourth-order valence-corrected chi connectivity index (χ4v) is 4.09. The van der Waals surface area contributed by atoms with Crippen molar-refractivity contribution in [2.45, 2.75) is 51.3 Å². The predicted octanol–water partition coefficient (Wildman–Crippen LogP) is 2.84. The van der Waals surface area contributed by atoms with Gasteiger partial charge in [-0.3, -0.25) is 14.4 Å². The van der Waals surface area contributed by atoms with E-state index < -0.39 is 50.3 Å². The van der Waals surface area contributed by atoms with E-state index in [0.29, 0.717) is 20.8 Å². The molecule has 0 aliphatic carbocycles. The first-order valence-electron chi connectivity index (χ1n) is 6.31. The van der Waals surface area contributed by atoms with Crippen LogP contribution in [0.1, 0.15) is 27.7 Å². The molecule has 14 heteroatoms. The third-order valence-corrected chi connectivity index (χ3v) is 5.85. The highest BCUT2D eigenvalue weighted by atomic mass is 28.4. The van der Waals surface area contributed by atoms with Gasteiger partial charge in [-0.25, -0.2) is 0 Å². The van der Waals surface area contributed by atoms with Crippen LogP contribution >= 0.6 is 0 Å². The van der Waals surface area contributed by atoms with Crippen LogP contribution in [0.2, 0.25) is 5.54 Å². The van der Waals surface area contributed by atoms with Crippen molar-refractivity contribution in [3.8, 4) is 0 Å². The molecule has 0 aliphatic rings. The van der Waals surface area contributed by atoms with E-state index in [1.54, 1.807) is 0 Å². The first-order valence-corrected chi connectivity index (χ1v) is 8.12. The average molecular weight is 402 g/mol. The molecule has 0 heterocycles. The molecular weight excluding hydrogens is 389 g/mol. The van der Waals surface area contributed by atoms with Gasteiger partial charge >= 0.3 is 26.8 Å². The molecule has 0 fully saturated rings. The van der Waals surface area contributed by atoms with Crippen molar-refractivity contribution in [3.05, 3.63) is 0 Å². The first-order chi connectivity index (χ1) is 10.9. The second-order valence-corrected chi connectivity index (χ2v) is 7.49. The highest BCUT2D eigenvalue weighted by Crippen LogP contribution is 2.54. The van der Waals surface area contributed by atoms with E-state index in [4.69, 9.17) is 0 Å². The number of carbonyl (C=O) groups excluding carboxylic acids is 3. The molecule has 0 saturated carbocycles. The summed E-state index contributed by atoms with van der Waals surface area (Å²) >= 11 is 0. The summed E-state index contributed by atoms with van der Waals surface area (Å²) in [6, 6.07) is 0. The van der Waals surface area contributed by atoms with Gasteiger partial charge in [-0.05, 0) is 6.92 Å². The molecule has 0 aromatic rings. The van der Waals surface area contributed by atoms with Crippen molar-refractivity contribution in [1.29, 1.82) is 0 Å². The minimum Gasteiger partial charge on any atom is -0.455 e. The van der Waals surface area contributed by atoms with Gasteiger partial charge < -0.3 is 13.3 Å². The maximum atomic E-state index is 13.9. The molecule has 1 atom stereocenters. The molecule has 0 N–H and O–H groups in total. The lowest BCUT2D eigenvalue weighted by Crippen LogP contribution is -2.63. The van der Waals surface area contributed by atoms with Gasteiger partial charge in [-0.15, -0.1) is 0 Å². The molecule has 0 radical (unpaired) electrons. The maximum Gasteiger partial charge on any atom is 0.714 e. The lowest BCUT2D eigenvalue weighted by atomic mass is 10.1. The van der Waals surface area contributed by atoms with E-state index in [9.17, 15) is 45.1 Å². The Hall–Kier alpha value is -1.86. The van der Waals surface area contributed by atoms with E-state index in [-0.39, 0.29) is 6.92 Å². The van der Waals surface area contributed by atoms with Crippen molar-refractivity contribution >= 4 is 26.7 Å². The van der Waals surface area contributed by atoms with Crippen molar-refractivity contribution < 1.29 is 58.4 Å². The Labute approximate surface area is 137 Å². The molecule has 146 valence electrons. The Morgan fingerprint density at radius 1 is 0.760 bits per heavy atom. The molecule has 0 amide bonds. The largest absolute Gasteiger partial charge is 0.714 e. The van der Waals surface area contributed by atoms with E-state index >= 15 is 0 Å². The molecule has 0 spiro atoms. The molecule has 25 heavy (non-hydrogen) atoms. The number of hydrogen-bond donors (Lipinski definition) is 0. The molecule has 1 unspecified atom stereocenters. The number of rotatable bonds is 6. The lowest BCUT2D eigenvalue weighted by Gasteiger charge is -2.37. The van der Waals surface area contributed by atoms with Gasteiger partial charge in [-0.1, -0.05) is 0 Å². The van der Waals surface area contributed by atoms with Crippen molar-refractivity contribution in [1.82, 2.24) is 0 Å². The molecule has 0 bridgehead atoms. The molecule has 0 aromatic carbocycles. The smallest absolute Gasteiger partial charge is 0.455 e. The maximum absolute atomic E-state index is 13.9. The zero-order valence-corrected chi connectivity index (χ0v) is 14.2. The summed E-state index contributed by atoms with van der Waals surface area (Å²) in [7, 11) is -5.69. The fourth-order valence-electron chi connectivity index (χ4n) is 1.61. The van der Waals surface area contributed by atoms with Crippen LogP contribution in [-0.4, -0.2) is 44.7 Å². The average Bonchev–Trinajstić information content (AvgIpc) is 2.33. The van der Waals surface area contributed by atoms with Crippen LogP contribution in [0.5, 0.6) is 0 Å². The fraction of sp³-hybridized carbons (Fsp3) is 0.727. The van der Waals surface area contributed by atoms with Crippen LogP contribution in [-0.2, 0) is 27.7 Å². The standard InChI is InChI=1S/C11H13F7O6Si/c1-5(9(12,13)10(14,15)11(16,17)18)25(22-6(2)19,23-7(3)20)24-8(4)21/h5H,1-4H3. The van der Waals surface area contributed by atoms with Gasteiger partial charge in [0.2, 0.25) is 0 Å². The Morgan fingerprint density at radius 3 is 1.24 bits per heavy atom. The Morgan fingerprint density at radius 2 is 1.04 bits per heavy atom. The van der Waals surface area contributed by atoms with Crippen LogP contribution in [0.25, 0.3) is 0 Å². The zero-order chi connectivity index (χ0) is 20.4. The van der Waals surface area contributed by atoms with Gasteiger partial charge in [0.05, 0.1) is 0 Å². The van der Waals surface area contributed by atoms with Crippen molar-refractivity contribution in [3.63, 3.8) is 0 Å². The molecule has 0 rings (SSSR count). The van der Waals surface area contributed by atoms with E-state index in [0.717, 1.165) is 0 Å². The highest BCUT2D eigenvalue weighted by Gasteiger charge is 2.81. The van der Waals surface area contributed by atoms with Gasteiger partial charge in [0.15, 0.2) is 0 Å². The summed E-state index contributed by atoms with van der Waals surface area (Å²) in [5.74, 6) is -17.1. The quantitative estimate of drug-likeness (QED) is 0.502. The monoisotopic (exact) mass is 402 g/mol. The Kier molecular flexibility index (Phi) is 6.64. The van der Waals surface area contributed by atoms with Crippen LogP contribution in [0.4, 0.5) is 30.7 Å². The highest BCUT2D eigenvalue weighted by molar-refractivity contribution is 6.67. The van der Waals surface area contributed by atoms with E-state index in [2.05, 4.69) is 13.3 Å². The third kappa shape index (κ3) is 4.82. The number of carbonyl (C=O) groups is 3. The van der Waals surface area contributed by atoms with Crippen molar-refractivity contribution in [2.75, 3.05) is 0 Å². The molecule has 0 aromatic heterocycles. The Balaban J connectivity index is 6.36. The summed E-state index contributed by atoms with van der Waals surface area (Å²) in [6.07, 6.45) is -6.69. The second kappa shape index (κ2) is 7.17. The summed E-state index contributed by atoms with van der Waals surface area (Å²) < 4.78 is 104. The first kappa shape index (κ1) is 23.1. The van der Waals surface area contributed by atoms with Crippen molar-refractivity contribution in [2.24, 2.45) is 0 Å². The number of halogens is 7. The minimum absolute atomic E-state index is 0.0840. The van der Waals surface area contributed by atoms with E-state index in [1.165, 1.54) is 0 Å². The lowest BCUT2D eigenvalue weighted by molar-refractivity contribution is -0.356. The van der Waals surface area contributed by atoms with Crippen LogP contribution < -0.4 is 0 Å². The van der Waals surface area contributed by atoms with Gasteiger partial charge in [-0.2, -0.15) is 30.7 Å². The van der Waals surface area contributed by atoms with Crippen LogP contribution in [0.15, 0.2) is 0 Å². The molecule has 0 aliphatic heterocycles. The second-order valence-electron chi connectivity index (χ2n) is 4.80. The third-order valence-electron chi connectivity index (χ3n) is 2.71. The predicted molar refractivity (Wildman–Crippen MR) is 66.4 cm³/mol.